The van der Waals surface area contributed by atoms with Crippen molar-refractivity contribution in [3.8, 4) is 0 Å². The lowest BCUT2D eigenvalue weighted by Gasteiger charge is -2.36. The number of likely N-dealkylation sites (tertiary alicyclic amines) is 1. The highest BCUT2D eigenvalue weighted by Crippen LogP contribution is 2.16. The summed E-state index contributed by atoms with van der Waals surface area (Å²) in [4.78, 5) is 38.5. The minimum atomic E-state index is -0.625. The minimum absolute atomic E-state index is 0.0102. The molecule has 0 saturated carbocycles. The predicted octanol–water partition coefficient (Wildman–Crippen LogP) is 0.897. The fourth-order valence-corrected chi connectivity index (χ4v) is 3.13. The third kappa shape index (κ3) is 6.06. The van der Waals surface area contributed by atoms with Crippen LogP contribution in [0.2, 0.25) is 0 Å². The summed E-state index contributed by atoms with van der Waals surface area (Å²) in [6.45, 7) is 4.70. The molecule has 0 aliphatic carbocycles. The Morgan fingerprint density at radius 3 is 2.52 bits per heavy atom. The van der Waals surface area contributed by atoms with Gasteiger partial charge >= 0.3 is 0 Å². The Morgan fingerprint density at radius 2 is 1.85 bits per heavy atom. The fourth-order valence-electron chi connectivity index (χ4n) is 3.13. The first-order valence-electron chi connectivity index (χ1n) is 9.56. The maximum absolute atomic E-state index is 12.6. The summed E-state index contributed by atoms with van der Waals surface area (Å²) in [5, 5.41) is 5.54. The smallest absolute Gasteiger partial charge is 0.251 e. The summed E-state index contributed by atoms with van der Waals surface area (Å²) in [6, 6.07) is 8.32. The van der Waals surface area contributed by atoms with Gasteiger partial charge in [0, 0.05) is 24.7 Å². The highest BCUT2D eigenvalue weighted by Gasteiger charge is 2.27. The molecule has 27 heavy (non-hydrogen) atoms. The van der Waals surface area contributed by atoms with Gasteiger partial charge in [-0.3, -0.25) is 14.4 Å². The molecule has 1 fully saturated rings. The van der Waals surface area contributed by atoms with Crippen LogP contribution in [0.25, 0.3) is 0 Å². The molecule has 0 bridgehead atoms. The quantitative estimate of drug-likeness (QED) is 0.659. The van der Waals surface area contributed by atoms with Crippen LogP contribution in [0.1, 0.15) is 43.5 Å². The molecule has 1 unspecified atom stereocenters. The molecule has 2 rings (SSSR count). The second kappa shape index (κ2) is 10.1. The maximum Gasteiger partial charge on any atom is 0.251 e. The third-order valence-corrected chi connectivity index (χ3v) is 4.92. The molecule has 1 heterocycles. The molecule has 1 aliphatic rings. The van der Waals surface area contributed by atoms with Crippen LogP contribution < -0.4 is 16.4 Å². The minimum Gasteiger partial charge on any atom is -0.350 e. The van der Waals surface area contributed by atoms with E-state index >= 15 is 0 Å². The molecule has 0 radical (unpaired) electrons. The van der Waals surface area contributed by atoms with Gasteiger partial charge in [0.25, 0.3) is 5.91 Å². The number of nitrogens with one attached hydrogen (secondary N) is 2. The van der Waals surface area contributed by atoms with Crippen LogP contribution in [0.4, 0.5) is 0 Å². The van der Waals surface area contributed by atoms with Gasteiger partial charge in [-0.1, -0.05) is 32.0 Å². The van der Waals surface area contributed by atoms with Crippen molar-refractivity contribution in [3.05, 3.63) is 35.9 Å². The lowest BCUT2D eigenvalue weighted by Crippen LogP contribution is -2.53. The van der Waals surface area contributed by atoms with Gasteiger partial charge in [-0.2, -0.15) is 0 Å². The van der Waals surface area contributed by atoms with Gasteiger partial charge in [0.05, 0.1) is 12.6 Å². The van der Waals surface area contributed by atoms with Crippen molar-refractivity contribution in [3.63, 3.8) is 0 Å². The summed E-state index contributed by atoms with van der Waals surface area (Å²) in [6.07, 6.45) is 2.77. The molecule has 0 spiro atoms. The van der Waals surface area contributed by atoms with Crippen LogP contribution in [0.3, 0.4) is 0 Å². The van der Waals surface area contributed by atoms with E-state index in [2.05, 4.69) is 10.6 Å². The van der Waals surface area contributed by atoms with Crippen LogP contribution >= 0.6 is 0 Å². The zero-order valence-electron chi connectivity index (χ0n) is 16.1. The number of hydrogen-bond acceptors (Lipinski definition) is 4. The number of nitrogens with two attached hydrogens (primary N) is 1. The van der Waals surface area contributed by atoms with Gasteiger partial charge < -0.3 is 21.3 Å². The van der Waals surface area contributed by atoms with Gasteiger partial charge in [0.2, 0.25) is 11.8 Å². The Labute approximate surface area is 160 Å². The zero-order chi connectivity index (χ0) is 19.8. The van der Waals surface area contributed by atoms with Gasteiger partial charge in [-0.05, 0) is 37.3 Å². The van der Waals surface area contributed by atoms with E-state index < -0.39 is 6.04 Å². The second-order valence-electron chi connectivity index (χ2n) is 7.30. The Kier molecular flexibility index (Phi) is 7.79. The van der Waals surface area contributed by atoms with Crippen molar-refractivity contribution in [1.29, 1.82) is 0 Å². The summed E-state index contributed by atoms with van der Waals surface area (Å²) in [7, 11) is 0. The number of piperidine rings is 1. The Balaban J connectivity index is 1.87. The normalized spacial score (nSPS) is 18.1. The van der Waals surface area contributed by atoms with Crippen molar-refractivity contribution < 1.29 is 14.4 Å². The van der Waals surface area contributed by atoms with E-state index in [4.69, 9.17) is 5.73 Å². The van der Waals surface area contributed by atoms with E-state index in [0.29, 0.717) is 18.7 Å². The van der Waals surface area contributed by atoms with E-state index in [9.17, 15) is 14.4 Å². The second-order valence-corrected chi connectivity index (χ2v) is 7.30. The molecular formula is C20H30N4O3. The lowest BCUT2D eigenvalue weighted by atomic mass is 10.0. The molecule has 3 amide bonds. The summed E-state index contributed by atoms with van der Waals surface area (Å²) in [5.74, 6) is -0.594. The van der Waals surface area contributed by atoms with Crippen LogP contribution in [-0.2, 0) is 9.59 Å². The molecule has 1 aromatic rings. The van der Waals surface area contributed by atoms with Crippen molar-refractivity contribution >= 4 is 17.7 Å². The molecule has 1 saturated heterocycles. The molecule has 4 N–H and O–H groups in total. The SMILES string of the molecule is CC(C)[C@H](N)C(=O)NCC(=O)N1CCCCC1CNC(=O)c1ccccc1. The Bertz CT molecular complexity index is 648. The number of benzene rings is 1. The standard InChI is InChI=1S/C20H30N4O3/c1-14(2)18(21)20(27)23-13-17(25)24-11-7-6-10-16(24)12-22-19(26)15-8-4-3-5-9-15/h3-5,8-9,14,16,18H,6-7,10-13,21H2,1-2H3,(H,22,26)(H,23,27)/t16?,18-/m0/s1. The average molecular weight is 374 g/mol. The van der Waals surface area contributed by atoms with E-state index in [1.807, 2.05) is 32.0 Å². The van der Waals surface area contributed by atoms with E-state index in [1.54, 1.807) is 17.0 Å². The Morgan fingerprint density at radius 1 is 1.15 bits per heavy atom. The fraction of sp³-hybridized carbons (Fsp3) is 0.550. The van der Waals surface area contributed by atoms with Crippen LogP contribution in [0, 0.1) is 5.92 Å². The Hall–Kier alpha value is -2.41. The first-order valence-corrected chi connectivity index (χ1v) is 9.56. The van der Waals surface area contributed by atoms with E-state index in [0.717, 1.165) is 19.3 Å². The van der Waals surface area contributed by atoms with Crippen LogP contribution in [0.5, 0.6) is 0 Å². The molecule has 148 valence electrons. The number of amides is 3. The van der Waals surface area contributed by atoms with Gasteiger partial charge in [-0.25, -0.2) is 0 Å². The van der Waals surface area contributed by atoms with Gasteiger partial charge in [0.15, 0.2) is 0 Å². The number of hydrogen-bond donors (Lipinski definition) is 3. The average Bonchev–Trinajstić information content (AvgIpc) is 2.70. The van der Waals surface area contributed by atoms with Crippen molar-refractivity contribution in [2.75, 3.05) is 19.6 Å². The van der Waals surface area contributed by atoms with Crippen LogP contribution in [-0.4, -0.2) is 54.3 Å². The number of carbonyl (C=O) groups excluding carboxylic acids is 3. The summed E-state index contributed by atoms with van der Waals surface area (Å²) >= 11 is 0. The van der Waals surface area contributed by atoms with Crippen LogP contribution in [0.15, 0.2) is 30.3 Å². The monoisotopic (exact) mass is 374 g/mol. The molecular weight excluding hydrogens is 344 g/mol. The van der Waals surface area contributed by atoms with E-state index in [1.165, 1.54) is 0 Å². The third-order valence-electron chi connectivity index (χ3n) is 4.92. The highest BCUT2D eigenvalue weighted by atomic mass is 16.2. The highest BCUT2D eigenvalue weighted by molar-refractivity contribution is 5.94. The van der Waals surface area contributed by atoms with Crippen molar-refractivity contribution in [1.82, 2.24) is 15.5 Å². The van der Waals surface area contributed by atoms with Crippen molar-refractivity contribution in [2.24, 2.45) is 11.7 Å². The maximum atomic E-state index is 12.6. The molecule has 7 heteroatoms. The van der Waals surface area contributed by atoms with Gasteiger partial charge in [0.1, 0.15) is 0 Å². The molecule has 0 aromatic heterocycles. The predicted molar refractivity (Wildman–Crippen MR) is 104 cm³/mol. The molecule has 1 aromatic carbocycles. The summed E-state index contributed by atoms with van der Waals surface area (Å²) in [5.41, 5.74) is 6.40. The zero-order valence-corrected chi connectivity index (χ0v) is 16.1. The van der Waals surface area contributed by atoms with Crippen molar-refractivity contribution in [2.45, 2.75) is 45.2 Å². The lowest BCUT2D eigenvalue weighted by molar-refractivity contribution is -0.136. The molecule has 7 nitrogen and oxygen atoms in total. The topological polar surface area (TPSA) is 105 Å². The summed E-state index contributed by atoms with van der Waals surface area (Å²) < 4.78 is 0. The van der Waals surface area contributed by atoms with E-state index in [-0.39, 0.29) is 36.2 Å². The number of nitrogens with zero attached hydrogens (tertiary/aromatic N) is 1. The molecule has 2 atom stereocenters. The number of rotatable bonds is 7. The first kappa shape index (κ1) is 20.9. The number of carbonyl (C=O) groups is 3. The first-order chi connectivity index (χ1) is 12.9. The molecule has 1 aliphatic heterocycles. The largest absolute Gasteiger partial charge is 0.350 e. The van der Waals surface area contributed by atoms with Gasteiger partial charge in [-0.15, -0.1) is 0 Å².